The van der Waals surface area contributed by atoms with Gasteiger partial charge in [0, 0.05) is 24.8 Å². The van der Waals surface area contributed by atoms with Crippen molar-refractivity contribution in [2.24, 2.45) is 0 Å². The molecule has 0 aliphatic carbocycles. The van der Waals surface area contributed by atoms with Crippen LogP contribution in [-0.2, 0) is 14.4 Å². The minimum absolute atomic E-state index is 0. The molecule has 0 amide bonds. The zero-order valence-corrected chi connectivity index (χ0v) is 25.4. The predicted molar refractivity (Wildman–Crippen MR) is 91.5 cm³/mol. The van der Waals surface area contributed by atoms with E-state index in [-0.39, 0.29) is 109 Å². The molecule has 0 rings (SSSR count). The van der Waals surface area contributed by atoms with Crippen LogP contribution >= 0.6 is 0 Å². The van der Waals surface area contributed by atoms with E-state index in [1.54, 1.807) is 0 Å². The van der Waals surface area contributed by atoms with Crippen molar-refractivity contribution in [2.75, 3.05) is 39.8 Å². The second-order valence-corrected chi connectivity index (χ2v) is 4.70. The van der Waals surface area contributed by atoms with Gasteiger partial charge >= 0.3 is 88.7 Å². The van der Waals surface area contributed by atoms with Crippen molar-refractivity contribution in [3.05, 3.63) is 0 Å². The van der Waals surface area contributed by atoms with Crippen molar-refractivity contribution in [3.63, 3.8) is 0 Å². The maximum atomic E-state index is 10.1. The number of carbonyl (C=O) groups is 3. The number of hydrogen-bond donors (Lipinski definition) is 7. The van der Waals surface area contributed by atoms with Gasteiger partial charge < -0.3 is 50.1 Å². The number of carboxylic acid groups (broad SMARTS) is 3. The molecule has 0 aromatic heterocycles. The number of hydrogen-bond acceptors (Lipinski definition) is 13. The number of nitrogens with one attached hydrogen (secondary N) is 3. The van der Waals surface area contributed by atoms with Crippen LogP contribution in [0.5, 0.6) is 0 Å². The second-order valence-electron chi connectivity index (χ2n) is 4.70. The van der Waals surface area contributed by atoms with Crippen molar-refractivity contribution in [3.8, 4) is 0 Å². The van der Waals surface area contributed by atoms with E-state index in [2.05, 4.69) is 16.0 Å². The summed E-state index contributed by atoms with van der Waals surface area (Å²) in [6.07, 6.45) is -2.72. The fourth-order valence-electron chi connectivity index (χ4n) is 1.02. The van der Waals surface area contributed by atoms with E-state index >= 15 is 0 Å². The Morgan fingerprint density at radius 3 is 0.968 bits per heavy atom. The van der Waals surface area contributed by atoms with Crippen LogP contribution in [0.4, 0.5) is 0 Å². The van der Waals surface area contributed by atoms with E-state index in [0.717, 1.165) is 19.6 Å². The molecule has 170 valence electrons. The van der Waals surface area contributed by atoms with Gasteiger partial charge in [-0.05, 0) is 19.6 Å². The molecule has 0 bridgehead atoms. The number of aliphatic hydroxyl groups is 4. The third-order valence-corrected chi connectivity index (χ3v) is 2.34. The topological polar surface area (TPSA) is 237 Å². The van der Waals surface area contributed by atoms with E-state index in [1.807, 2.05) is 20.8 Å². The standard InChI is InChI=1S/C6H8O7.3C3H9NO.3Na/c7-3(8)1-6(13,5(11)12)2-4(9)10;3*1-2-4-3-5;;;/h13H,1-2H2,(H,7,8)(H,9,10)(H,11,12);3*4-5H,2-3H2,1H3;;;/q;;;;3*+1/p-3. The molecular formula is C15H32N3Na3O10. The summed E-state index contributed by atoms with van der Waals surface area (Å²) < 4.78 is 0. The van der Waals surface area contributed by atoms with Gasteiger partial charge in [0.25, 0.3) is 0 Å². The Morgan fingerprint density at radius 1 is 0.677 bits per heavy atom. The minimum atomic E-state index is -2.97. The monoisotopic (exact) mass is 483 g/mol. The normalized spacial score (nSPS) is 8.61. The first-order chi connectivity index (χ1) is 13.0. The minimum Gasteiger partial charge on any atom is -0.550 e. The van der Waals surface area contributed by atoms with Crippen LogP contribution < -0.4 is 120 Å². The molecule has 0 atom stereocenters. The van der Waals surface area contributed by atoms with Gasteiger partial charge in [0.1, 0.15) is 5.60 Å². The first-order valence-electron chi connectivity index (χ1n) is 8.30. The zero-order chi connectivity index (χ0) is 23.0. The Hall–Kier alpha value is 1.13. The van der Waals surface area contributed by atoms with Gasteiger partial charge in [0.05, 0.1) is 26.2 Å². The third-order valence-electron chi connectivity index (χ3n) is 2.34. The van der Waals surface area contributed by atoms with E-state index in [1.165, 1.54) is 0 Å². The van der Waals surface area contributed by atoms with Crippen LogP contribution in [0.2, 0.25) is 0 Å². The Morgan fingerprint density at radius 2 is 0.903 bits per heavy atom. The number of rotatable bonds is 11. The molecule has 0 fully saturated rings. The fraction of sp³-hybridized carbons (Fsp3) is 0.800. The Balaban J connectivity index is -0.0000000542. The second kappa shape index (κ2) is 38.4. The van der Waals surface area contributed by atoms with Crippen LogP contribution in [0.1, 0.15) is 33.6 Å². The third kappa shape index (κ3) is 49.4. The molecule has 0 heterocycles. The largest absolute Gasteiger partial charge is 1.00 e. The number of aliphatic carboxylic acids is 3. The summed E-state index contributed by atoms with van der Waals surface area (Å²) in [5.41, 5.74) is -2.97. The van der Waals surface area contributed by atoms with Crippen molar-refractivity contribution in [1.82, 2.24) is 16.0 Å². The molecule has 0 aromatic rings. The van der Waals surface area contributed by atoms with Gasteiger partial charge in [-0.2, -0.15) is 0 Å². The molecule has 0 spiro atoms. The van der Waals surface area contributed by atoms with Crippen LogP contribution in [0.25, 0.3) is 0 Å². The average molecular weight is 483 g/mol. The van der Waals surface area contributed by atoms with Crippen LogP contribution in [0, 0.1) is 0 Å². The van der Waals surface area contributed by atoms with Gasteiger partial charge in [0.15, 0.2) is 0 Å². The molecule has 0 saturated heterocycles. The van der Waals surface area contributed by atoms with E-state index in [4.69, 9.17) is 20.4 Å². The number of carboxylic acids is 3. The SMILES string of the molecule is CCNCO.CCNCO.CCNCO.O=C([O-])CC(O)(CC(=O)[O-])C(=O)[O-].[Na+].[Na+].[Na+]. The van der Waals surface area contributed by atoms with Gasteiger partial charge in [-0.25, -0.2) is 0 Å². The van der Waals surface area contributed by atoms with Crippen molar-refractivity contribution in [1.29, 1.82) is 0 Å². The maximum absolute atomic E-state index is 10.1. The summed E-state index contributed by atoms with van der Waals surface area (Å²) in [7, 11) is 0. The first kappa shape index (κ1) is 49.3. The summed E-state index contributed by atoms with van der Waals surface area (Å²) in [5.74, 6) is -5.98. The Bertz CT molecular complexity index is 361. The molecule has 13 nitrogen and oxygen atoms in total. The summed E-state index contributed by atoms with van der Waals surface area (Å²) in [5, 5.41) is 70.8. The summed E-state index contributed by atoms with van der Waals surface area (Å²) in [4.78, 5) is 30.0. The van der Waals surface area contributed by atoms with E-state index < -0.39 is 36.4 Å². The van der Waals surface area contributed by atoms with Crippen molar-refractivity contribution >= 4 is 17.9 Å². The fourth-order valence-corrected chi connectivity index (χ4v) is 1.02. The molecule has 0 radical (unpaired) electrons. The molecule has 0 unspecified atom stereocenters. The molecule has 0 aliphatic heterocycles. The summed E-state index contributed by atoms with van der Waals surface area (Å²) >= 11 is 0. The van der Waals surface area contributed by atoms with Crippen molar-refractivity contribution in [2.45, 2.75) is 39.2 Å². The van der Waals surface area contributed by atoms with Gasteiger partial charge in [-0.3, -0.25) is 16.0 Å². The Kier molecular flexibility index (Phi) is 61.1. The van der Waals surface area contributed by atoms with Gasteiger partial charge in [-0.1, -0.05) is 20.8 Å². The van der Waals surface area contributed by atoms with Crippen LogP contribution in [-0.4, -0.2) is 83.8 Å². The van der Waals surface area contributed by atoms with Crippen LogP contribution in [0.15, 0.2) is 0 Å². The molecule has 0 aromatic carbocycles. The average Bonchev–Trinajstić information content (AvgIpc) is 2.57. The quantitative estimate of drug-likeness (QED) is 0.107. The summed E-state index contributed by atoms with van der Waals surface area (Å²) in [6.45, 7) is 8.63. The predicted octanol–water partition coefficient (Wildman–Crippen LogP) is -15.6. The smallest absolute Gasteiger partial charge is 0.550 e. The molecule has 0 aliphatic rings. The maximum Gasteiger partial charge on any atom is 1.00 e. The van der Waals surface area contributed by atoms with Gasteiger partial charge in [0.2, 0.25) is 0 Å². The van der Waals surface area contributed by atoms with E-state index in [0.29, 0.717) is 0 Å². The number of aliphatic hydroxyl groups excluding tert-OH is 3. The Labute approximate surface area is 249 Å². The summed E-state index contributed by atoms with van der Waals surface area (Å²) in [6, 6.07) is 0. The van der Waals surface area contributed by atoms with Crippen molar-refractivity contribution < 1.29 is 139 Å². The zero-order valence-electron chi connectivity index (χ0n) is 19.4. The molecule has 0 saturated carbocycles. The molecular weight excluding hydrogens is 451 g/mol. The number of carbonyl (C=O) groups excluding carboxylic acids is 3. The first-order valence-corrected chi connectivity index (χ1v) is 8.30. The molecule has 16 heteroatoms. The molecule has 7 N–H and O–H groups in total. The van der Waals surface area contributed by atoms with E-state index in [9.17, 15) is 29.7 Å². The van der Waals surface area contributed by atoms with Gasteiger partial charge in [-0.15, -0.1) is 0 Å². The van der Waals surface area contributed by atoms with Crippen LogP contribution in [0.3, 0.4) is 0 Å². The molecule has 31 heavy (non-hydrogen) atoms.